The summed E-state index contributed by atoms with van der Waals surface area (Å²) < 4.78 is 0. The Kier molecular flexibility index (Phi) is 6.39. The highest BCUT2D eigenvalue weighted by molar-refractivity contribution is 6.08. The van der Waals surface area contributed by atoms with Crippen molar-refractivity contribution in [2.75, 3.05) is 16.8 Å². The number of para-hydroxylation sites is 1. The van der Waals surface area contributed by atoms with Gasteiger partial charge in [-0.2, -0.15) is 0 Å². The van der Waals surface area contributed by atoms with Crippen molar-refractivity contribution in [3.05, 3.63) is 89.2 Å². The van der Waals surface area contributed by atoms with E-state index in [-0.39, 0.29) is 17.5 Å². The molecular weight excluding hydrogens is 362 g/mol. The number of benzene rings is 2. The molecule has 5 heteroatoms. The number of nitrogens with one attached hydrogen (secondary N) is 1. The highest BCUT2D eigenvalue weighted by atomic mass is 16.2. The number of nitrogens with zero attached hydrogens (tertiary/aromatic N) is 2. The lowest BCUT2D eigenvalue weighted by molar-refractivity contribution is 0.0983. The Morgan fingerprint density at radius 3 is 2.52 bits per heavy atom. The molecule has 0 spiro atoms. The Hall–Kier alpha value is -3.47. The van der Waals surface area contributed by atoms with E-state index in [4.69, 9.17) is 0 Å². The van der Waals surface area contributed by atoms with E-state index in [1.807, 2.05) is 69.3 Å². The van der Waals surface area contributed by atoms with Gasteiger partial charge in [-0.05, 0) is 61.7 Å². The van der Waals surface area contributed by atoms with E-state index in [0.29, 0.717) is 12.1 Å². The fourth-order valence-electron chi connectivity index (χ4n) is 3.21. The molecule has 0 radical (unpaired) electrons. The molecule has 0 saturated carbocycles. The van der Waals surface area contributed by atoms with Crippen molar-refractivity contribution < 1.29 is 9.59 Å². The standard InChI is InChI=1S/C24H25N3O2/c1-4-18-10-6-7-12-21(18)26-23(28)19-13-14-25-22(16-19)24(29)27(5-2)20-11-8-9-17(3)15-20/h6-16H,4-5H2,1-3H3,(H,26,28). The van der Waals surface area contributed by atoms with E-state index in [0.717, 1.165) is 28.9 Å². The number of aryl methyl sites for hydroxylation is 2. The van der Waals surface area contributed by atoms with Crippen molar-refractivity contribution in [1.82, 2.24) is 4.98 Å². The molecule has 5 nitrogen and oxygen atoms in total. The van der Waals surface area contributed by atoms with E-state index in [1.54, 1.807) is 17.0 Å². The highest BCUT2D eigenvalue weighted by Gasteiger charge is 2.19. The normalized spacial score (nSPS) is 10.4. The minimum atomic E-state index is -0.263. The molecule has 1 aromatic heterocycles. The zero-order chi connectivity index (χ0) is 20.8. The maximum absolute atomic E-state index is 13.1. The quantitative estimate of drug-likeness (QED) is 0.656. The van der Waals surface area contributed by atoms with Crippen LogP contribution >= 0.6 is 0 Å². The van der Waals surface area contributed by atoms with E-state index < -0.39 is 0 Å². The average Bonchev–Trinajstić information content (AvgIpc) is 2.74. The van der Waals surface area contributed by atoms with Crippen molar-refractivity contribution in [3.8, 4) is 0 Å². The lowest BCUT2D eigenvalue weighted by atomic mass is 10.1. The van der Waals surface area contributed by atoms with Crippen LogP contribution in [0, 0.1) is 6.92 Å². The Labute approximate surface area is 171 Å². The SMILES string of the molecule is CCc1ccccc1NC(=O)c1ccnc(C(=O)N(CC)c2cccc(C)c2)c1. The van der Waals surface area contributed by atoms with Gasteiger partial charge >= 0.3 is 0 Å². The summed E-state index contributed by atoms with van der Waals surface area (Å²) in [6, 6.07) is 18.6. The topological polar surface area (TPSA) is 62.3 Å². The maximum Gasteiger partial charge on any atom is 0.276 e. The van der Waals surface area contributed by atoms with Gasteiger partial charge in [-0.25, -0.2) is 0 Å². The predicted molar refractivity (Wildman–Crippen MR) is 117 cm³/mol. The van der Waals surface area contributed by atoms with Gasteiger partial charge in [0.15, 0.2) is 0 Å². The number of hydrogen-bond acceptors (Lipinski definition) is 3. The highest BCUT2D eigenvalue weighted by Crippen LogP contribution is 2.20. The zero-order valence-corrected chi connectivity index (χ0v) is 17.0. The molecule has 0 aliphatic rings. The number of amides is 2. The van der Waals surface area contributed by atoms with Crippen molar-refractivity contribution >= 4 is 23.2 Å². The van der Waals surface area contributed by atoms with Crippen molar-refractivity contribution in [2.24, 2.45) is 0 Å². The molecule has 0 aliphatic carbocycles. The number of rotatable bonds is 6. The first-order valence-corrected chi connectivity index (χ1v) is 9.77. The average molecular weight is 387 g/mol. The van der Waals surface area contributed by atoms with Gasteiger partial charge in [0.1, 0.15) is 5.69 Å². The third kappa shape index (κ3) is 4.69. The second-order valence-electron chi connectivity index (χ2n) is 6.78. The van der Waals surface area contributed by atoms with Gasteiger partial charge in [0.2, 0.25) is 0 Å². The molecule has 1 heterocycles. The molecule has 0 unspecified atom stereocenters. The molecular formula is C24H25N3O2. The zero-order valence-electron chi connectivity index (χ0n) is 17.0. The van der Waals surface area contributed by atoms with Crippen LogP contribution in [0.25, 0.3) is 0 Å². The number of anilines is 2. The Morgan fingerprint density at radius 2 is 1.79 bits per heavy atom. The molecule has 1 N–H and O–H groups in total. The second kappa shape index (κ2) is 9.15. The summed E-state index contributed by atoms with van der Waals surface area (Å²) in [6.45, 7) is 6.45. The number of pyridine rings is 1. The van der Waals surface area contributed by atoms with Crippen molar-refractivity contribution in [1.29, 1.82) is 0 Å². The summed E-state index contributed by atoms with van der Waals surface area (Å²) in [5.41, 5.74) is 4.36. The summed E-state index contributed by atoms with van der Waals surface area (Å²) in [5, 5.41) is 2.93. The van der Waals surface area contributed by atoms with Crippen molar-refractivity contribution in [2.45, 2.75) is 27.2 Å². The van der Waals surface area contributed by atoms with Crippen molar-refractivity contribution in [3.63, 3.8) is 0 Å². The van der Waals surface area contributed by atoms with Crippen LogP contribution in [-0.2, 0) is 6.42 Å². The van der Waals surface area contributed by atoms with Crippen LogP contribution < -0.4 is 10.2 Å². The molecule has 148 valence electrons. The predicted octanol–water partition coefficient (Wildman–Crippen LogP) is 4.87. The molecule has 0 bridgehead atoms. The van der Waals surface area contributed by atoms with Gasteiger partial charge in [0.05, 0.1) is 0 Å². The number of hydrogen-bond donors (Lipinski definition) is 1. The number of aromatic nitrogens is 1. The first-order chi connectivity index (χ1) is 14.0. The molecule has 29 heavy (non-hydrogen) atoms. The van der Waals surface area contributed by atoms with Gasteiger partial charge in [-0.1, -0.05) is 37.3 Å². The molecule has 0 saturated heterocycles. The first kappa shape index (κ1) is 20.3. The van der Waals surface area contributed by atoms with E-state index in [2.05, 4.69) is 10.3 Å². The van der Waals surface area contributed by atoms with E-state index in [9.17, 15) is 9.59 Å². The Balaban J connectivity index is 1.84. The van der Waals surface area contributed by atoms with Crippen LogP contribution in [0.15, 0.2) is 66.9 Å². The van der Waals surface area contributed by atoms with Crippen LogP contribution in [0.2, 0.25) is 0 Å². The second-order valence-corrected chi connectivity index (χ2v) is 6.78. The fourth-order valence-corrected chi connectivity index (χ4v) is 3.21. The molecule has 2 amide bonds. The minimum absolute atomic E-state index is 0.235. The number of carbonyl (C=O) groups is 2. The van der Waals surface area contributed by atoms with Crippen LogP contribution in [-0.4, -0.2) is 23.3 Å². The van der Waals surface area contributed by atoms with Gasteiger partial charge in [0.25, 0.3) is 11.8 Å². The minimum Gasteiger partial charge on any atom is -0.322 e. The summed E-state index contributed by atoms with van der Waals surface area (Å²) in [5.74, 6) is -0.498. The molecule has 0 aliphatic heterocycles. The van der Waals surface area contributed by atoms with E-state index in [1.165, 1.54) is 6.20 Å². The summed E-state index contributed by atoms with van der Waals surface area (Å²) in [7, 11) is 0. The third-order valence-corrected chi connectivity index (χ3v) is 4.76. The molecule has 0 fully saturated rings. The van der Waals surface area contributed by atoms with E-state index >= 15 is 0 Å². The van der Waals surface area contributed by atoms with Crippen LogP contribution in [0.1, 0.15) is 45.8 Å². The molecule has 3 rings (SSSR count). The van der Waals surface area contributed by atoms with Gasteiger partial charge < -0.3 is 10.2 Å². The van der Waals surface area contributed by atoms with Gasteiger partial charge in [-0.15, -0.1) is 0 Å². The first-order valence-electron chi connectivity index (χ1n) is 9.77. The van der Waals surface area contributed by atoms with Gasteiger partial charge in [-0.3, -0.25) is 14.6 Å². The lowest BCUT2D eigenvalue weighted by Crippen LogP contribution is -2.31. The van der Waals surface area contributed by atoms with Crippen LogP contribution in [0.3, 0.4) is 0 Å². The van der Waals surface area contributed by atoms with Gasteiger partial charge in [0, 0.05) is 29.7 Å². The molecule has 0 atom stereocenters. The summed E-state index contributed by atoms with van der Waals surface area (Å²) in [6.07, 6.45) is 2.32. The molecule has 2 aromatic carbocycles. The van der Waals surface area contributed by atoms with Crippen LogP contribution in [0.5, 0.6) is 0 Å². The fraction of sp³-hybridized carbons (Fsp3) is 0.208. The smallest absolute Gasteiger partial charge is 0.276 e. The summed E-state index contributed by atoms with van der Waals surface area (Å²) in [4.78, 5) is 31.7. The lowest BCUT2D eigenvalue weighted by Gasteiger charge is -2.21. The van der Waals surface area contributed by atoms with Crippen LogP contribution in [0.4, 0.5) is 11.4 Å². The Morgan fingerprint density at radius 1 is 1.00 bits per heavy atom. The Bertz CT molecular complexity index is 1030. The molecule has 3 aromatic rings. The largest absolute Gasteiger partial charge is 0.322 e. The number of carbonyl (C=O) groups excluding carboxylic acids is 2. The maximum atomic E-state index is 13.1. The summed E-state index contributed by atoms with van der Waals surface area (Å²) >= 11 is 0. The third-order valence-electron chi connectivity index (χ3n) is 4.76. The monoisotopic (exact) mass is 387 g/mol.